The van der Waals surface area contributed by atoms with Gasteiger partial charge in [0.15, 0.2) is 0 Å². The van der Waals surface area contributed by atoms with E-state index in [4.69, 9.17) is 10.4 Å². The Morgan fingerprint density at radius 2 is 2.17 bits per heavy atom. The van der Waals surface area contributed by atoms with E-state index in [0.717, 1.165) is 5.56 Å². The Hall–Kier alpha value is -1.49. The molecule has 0 aliphatic carbocycles. The van der Waals surface area contributed by atoms with E-state index in [2.05, 4.69) is 5.32 Å². The Morgan fingerprint density at radius 1 is 1.44 bits per heavy atom. The van der Waals surface area contributed by atoms with Crippen LogP contribution in [0.1, 0.15) is 17.5 Å². The normalized spacial score (nSPS) is 11.2. The SMILES string of the molecule is N#Cc1cc(CNCCCS(N)(=O)=O)ccc1F. The molecule has 0 saturated heterocycles. The van der Waals surface area contributed by atoms with Crippen LogP contribution in [0.2, 0.25) is 0 Å². The molecular weight excluding hydrogens is 257 g/mol. The third-order valence-electron chi connectivity index (χ3n) is 2.26. The molecule has 0 saturated carbocycles. The summed E-state index contributed by atoms with van der Waals surface area (Å²) in [5.74, 6) is -0.622. The quantitative estimate of drug-likeness (QED) is 0.735. The van der Waals surface area contributed by atoms with Crippen LogP contribution in [0, 0.1) is 17.1 Å². The third kappa shape index (κ3) is 5.23. The largest absolute Gasteiger partial charge is 0.313 e. The van der Waals surface area contributed by atoms with Gasteiger partial charge < -0.3 is 5.32 Å². The molecule has 5 nitrogen and oxygen atoms in total. The molecule has 0 atom stereocenters. The van der Waals surface area contributed by atoms with E-state index in [0.29, 0.717) is 19.5 Å². The van der Waals surface area contributed by atoms with Gasteiger partial charge in [-0.25, -0.2) is 17.9 Å². The summed E-state index contributed by atoms with van der Waals surface area (Å²) in [7, 11) is -3.42. The smallest absolute Gasteiger partial charge is 0.209 e. The summed E-state index contributed by atoms with van der Waals surface area (Å²) in [6.07, 6.45) is 0.408. The predicted molar refractivity (Wildman–Crippen MR) is 65.4 cm³/mol. The molecule has 7 heteroatoms. The van der Waals surface area contributed by atoms with Crippen LogP contribution in [0.15, 0.2) is 18.2 Å². The number of primary sulfonamides is 1. The van der Waals surface area contributed by atoms with Crippen LogP contribution < -0.4 is 10.5 Å². The molecule has 0 unspecified atom stereocenters. The van der Waals surface area contributed by atoms with E-state index < -0.39 is 15.8 Å². The minimum atomic E-state index is -3.42. The van der Waals surface area contributed by atoms with Crippen molar-refractivity contribution in [3.05, 3.63) is 35.1 Å². The fourth-order valence-electron chi connectivity index (χ4n) is 1.40. The summed E-state index contributed by atoms with van der Waals surface area (Å²) >= 11 is 0. The van der Waals surface area contributed by atoms with Crippen molar-refractivity contribution in [2.24, 2.45) is 5.14 Å². The van der Waals surface area contributed by atoms with Gasteiger partial charge in [0.25, 0.3) is 0 Å². The predicted octanol–water partition coefficient (Wildman–Crippen LogP) is 0.466. The van der Waals surface area contributed by atoms with Gasteiger partial charge >= 0.3 is 0 Å². The van der Waals surface area contributed by atoms with E-state index in [-0.39, 0.29) is 11.3 Å². The van der Waals surface area contributed by atoms with Gasteiger partial charge in [-0.05, 0) is 30.7 Å². The lowest BCUT2D eigenvalue weighted by Crippen LogP contribution is -2.22. The Balaban J connectivity index is 2.39. The third-order valence-corrected chi connectivity index (χ3v) is 3.12. The summed E-state index contributed by atoms with van der Waals surface area (Å²) in [6.45, 7) is 0.926. The highest BCUT2D eigenvalue weighted by Gasteiger charge is 2.03. The number of nitrogens with one attached hydrogen (secondary N) is 1. The van der Waals surface area contributed by atoms with Crippen LogP contribution in [0.3, 0.4) is 0 Å². The van der Waals surface area contributed by atoms with Crippen LogP contribution in [-0.2, 0) is 16.6 Å². The fourth-order valence-corrected chi connectivity index (χ4v) is 1.95. The Labute approximate surface area is 105 Å². The van der Waals surface area contributed by atoms with Gasteiger partial charge in [-0.15, -0.1) is 0 Å². The van der Waals surface area contributed by atoms with Crippen molar-refractivity contribution in [1.29, 1.82) is 5.26 Å². The van der Waals surface area contributed by atoms with Crippen molar-refractivity contribution in [3.8, 4) is 6.07 Å². The van der Waals surface area contributed by atoms with Gasteiger partial charge in [0, 0.05) is 6.54 Å². The van der Waals surface area contributed by atoms with E-state index in [9.17, 15) is 12.8 Å². The van der Waals surface area contributed by atoms with Crippen molar-refractivity contribution in [2.75, 3.05) is 12.3 Å². The number of rotatable bonds is 6. The summed E-state index contributed by atoms with van der Waals surface area (Å²) in [6, 6.07) is 6.03. The van der Waals surface area contributed by atoms with E-state index in [1.165, 1.54) is 12.1 Å². The van der Waals surface area contributed by atoms with Gasteiger partial charge in [0.2, 0.25) is 10.0 Å². The maximum atomic E-state index is 13.0. The van der Waals surface area contributed by atoms with Crippen molar-refractivity contribution < 1.29 is 12.8 Å². The number of benzene rings is 1. The minimum Gasteiger partial charge on any atom is -0.313 e. The van der Waals surface area contributed by atoms with Crippen molar-refractivity contribution in [1.82, 2.24) is 5.32 Å². The zero-order chi connectivity index (χ0) is 13.6. The second-order valence-corrected chi connectivity index (χ2v) is 5.56. The molecule has 98 valence electrons. The Morgan fingerprint density at radius 3 is 2.78 bits per heavy atom. The molecule has 0 aliphatic heterocycles. The summed E-state index contributed by atoms with van der Waals surface area (Å²) in [5.41, 5.74) is 0.766. The van der Waals surface area contributed by atoms with Gasteiger partial charge in [0.1, 0.15) is 11.9 Å². The molecule has 0 aromatic heterocycles. The van der Waals surface area contributed by atoms with Crippen LogP contribution >= 0.6 is 0 Å². The molecule has 0 heterocycles. The molecule has 0 fully saturated rings. The first-order valence-electron chi connectivity index (χ1n) is 5.32. The standard InChI is InChI=1S/C11H14FN3O2S/c12-11-3-2-9(6-10(11)7-13)8-15-4-1-5-18(14,16)17/h2-3,6,15H,1,4-5,8H2,(H2,14,16,17). The van der Waals surface area contributed by atoms with Crippen LogP contribution in [0.4, 0.5) is 4.39 Å². The summed E-state index contributed by atoms with van der Waals surface area (Å²) < 4.78 is 34.3. The van der Waals surface area contributed by atoms with E-state index in [1.807, 2.05) is 0 Å². The monoisotopic (exact) mass is 271 g/mol. The highest BCUT2D eigenvalue weighted by atomic mass is 32.2. The van der Waals surface area contributed by atoms with Crippen LogP contribution in [0.5, 0.6) is 0 Å². The lowest BCUT2D eigenvalue weighted by molar-refractivity contribution is 0.590. The molecule has 0 spiro atoms. The van der Waals surface area contributed by atoms with Gasteiger partial charge in [-0.2, -0.15) is 5.26 Å². The molecule has 0 radical (unpaired) electrons. The topological polar surface area (TPSA) is 96.0 Å². The maximum Gasteiger partial charge on any atom is 0.209 e. The highest BCUT2D eigenvalue weighted by Crippen LogP contribution is 2.09. The lowest BCUT2D eigenvalue weighted by Gasteiger charge is -2.05. The zero-order valence-electron chi connectivity index (χ0n) is 9.69. The van der Waals surface area contributed by atoms with Crippen LogP contribution in [-0.4, -0.2) is 20.7 Å². The molecule has 0 amide bonds. The number of hydrogen-bond donors (Lipinski definition) is 2. The number of sulfonamides is 1. The number of hydrogen-bond acceptors (Lipinski definition) is 4. The Kier molecular flexibility index (Phi) is 5.22. The summed E-state index contributed by atoms with van der Waals surface area (Å²) in [5, 5.41) is 16.5. The number of nitrogens with two attached hydrogens (primary N) is 1. The lowest BCUT2D eigenvalue weighted by atomic mass is 10.1. The molecule has 18 heavy (non-hydrogen) atoms. The first-order chi connectivity index (χ1) is 8.42. The molecule has 1 aromatic carbocycles. The molecule has 1 rings (SSSR count). The zero-order valence-corrected chi connectivity index (χ0v) is 10.5. The van der Waals surface area contributed by atoms with E-state index >= 15 is 0 Å². The first-order valence-corrected chi connectivity index (χ1v) is 7.03. The molecular formula is C11H14FN3O2S. The molecule has 0 aliphatic rings. The van der Waals surface area contributed by atoms with Crippen molar-refractivity contribution in [3.63, 3.8) is 0 Å². The minimum absolute atomic E-state index is 0.00108. The number of nitrogens with zero attached hydrogens (tertiary/aromatic N) is 1. The van der Waals surface area contributed by atoms with Crippen molar-refractivity contribution in [2.45, 2.75) is 13.0 Å². The van der Waals surface area contributed by atoms with E-state index in [1.54, 1.807) is 12.1 Å². The number of halogens is 1. The Bertz CT molecular complexity index is 552. The highest BCUT2D eigenvalue weighted by molar-refractivity contribution is 7.89. The summed E-state index contributed by atoms with van der Waals surface area (Å²) in [4.78, 5) is 0. The van der Waals surface area contributed by atoms with Crippen molar-refractivity contribution >= 4 is 10.0 Å². The van der Waals surface area contributed by atoms with Crippen LogP contribution in [0.25, 0.3) is 0 Å². The molecule has 0 bridgehead atoms. The second kappa shape index (κ2) is 6.44. The first kappa shape index (κ1) is 14.6. The fraction of sp³-hybridized carbons (Fsp3) is 0.364. The maximum absolute atomic E-state index is 13.0. The second-order valence-electron chi connectivity index (χ2n) is 3.82. The molecule has 3 N–H and O–H groups in total. The molecule has 1 aromatic rings. The van der Waals surface area contributed by atoms with Gasteiger partial charge in [0.05, 0.1) is 11.3 Å². The van der Waals surface area contributed by atoms with Gasteiger partial charge in [-0.3, -0.25) is 0 Å². The number of nitriles is 1. The average molecular weight is 271 g/mol. The average Bonchev–Trinajstić information content (AvgIpc) is 2.29. The van der Waals surface area contributed by atoms with Gasteiger partial charge in [-0.1, -0.05) is 6.07 Å².